The van der Waals surface area contributed by atoms with E-state index in [0.29, 0.717) is 11.5 Å². The molecule has 2 rings (SSSR count). The average Bonchev–Trinajstić information content (AvgIpc) is 2.69. The van der Waals surface area contributed by atoms with Gasteiger partial charge < -0.3 is 5.32 Å². The number of nitrogens with one attached hydrogen (secondary N) is 2. The van der Waals surface area contributed by atoms with Crippen molar-refractivity contribution < 1.29 is 0 Å². The van der Waals surface area contributed by atoms with E-state index in [2.05, 4.69) is 34.3 Å². The minimum atomic E-state index is 0.422. The maximum Gasteiger partial charge on any atom is 0.164 e. The summed E-state index contributed by atoms with van der Waals surface area (Å²) in [5, 5.41) is 10.5. The fraction of sp³-hybridized carbons (Fsp3) is 0.818. The van der Waals surface area contributed by atoms with Crippen LogP contribution in [0.2, 0.25) is 0 Å². The van der Waals surface area contributed by atoms with Gasteiger partial charge in [0.1, 0.15) is 5.82 Å². The molecule has 1 heterocycles. The number of nitrogens with zero attached hydrogens (tertiary/aromatic N) is 2. The maximum absolute atomic E-state index is 4.29. The first-order chi connectivity index (χ1) is 7.08. The molecule has 0 bridgehead atoms. The van der Waals surface area contributed by atoms with E-state index in [1.165, 1.54) is 19.3 Å². The van der Waals surface area contributed by atoms with Crippen LogP contribution in [0.25, 0.3) is 0 Å². The standard InChI is InChI=1S/C11H20N4/c1-8-13-10(15-14-8)7-12-9-5-4-6-11(9,2)3/h9,12H,4-7H2,1-3H3,(H,13,14,15). The lowest BCUT2D eigenvalue weighted by Gasteiger charge is -2.27. The van der Waals surface area contributed by atoms with E-state index in [9.17, 15) is 0 Å². The zero-order valence-corrected chi connectivity index (χ0v) is 9.80. The first-order valence-electron chi connectivity index (χ1n) is 5.69. The smallest absolute Gasteiger partial charge is 0.164 e. The third-order valence-corrected chi connectivity index (χ3v) is 3.41. The van der Waals surface area contributed by atoms with E-state index >= 15 is 0 Å². The Balaban J connectivity index is 1.88. The molecule has 0 aromatic carbocycles. The lowest BCUT2D eigenvalue weighted by atomic mass is 9.87. The van der Waals surface area contributed by atoms with Crippen LogP contribution in [0.5, 0.6) is 0 Å². The van der Waals surface area contributed by atoms with Gasteiger partial charge in [0.2, 0.25) is 0 Å². The molecule has 1 aliphatic rings. The van der Waals surface area contributed by atoms with Crippen molar-refractivity contribution in [3.63, 3.8) is 0 Å². The van der Waals surface area contributed by atoms with Crippen molar-refractivity contribution in [2.45, 2.75) is 52.6 Å². The number of rotatable bonds is 3. The number of H-pyrrole nitrogens is 1. The van der Waals surface area contributed by atoms with Crippen molar-refractivity contribution in [3.05, 3.63) is 11.6 Å². The fourth-order valence-electron chi connectivity index (χ4n) is 2.39. The molecule has 1 aromatic rings. The van der Waals surface area contributed by atoms with Crippen LogP contribution in [-0.2, 0) is 6.54 Å². The van der Waals surface area contributed by atoms with Crippen LogP contribution in [-0.4, -0.2) is 21.2 Å². The molecular formula is C11H20N4. The predicted octanol–water partition coefficient (Wildman–Crippen LogP) is 1.78. The van der Waals surface area contributed by atoms with E-state index < -0.39 is 0 Å². The molecule has 2 N–H and O–H groups in total. The van der Waals surface area contributed by atoms with Gasteiger partial charge in [-0.15, -0.1) is 0 Å². The molecule has 1 saturated carbocycles. The predicted molar refractivity (Wildman–Crippen MR) is 59.4 cm³/mol. The Morgan fingerprint density at radius 2 is 2.33 bits per heavy atom. The Labute approximate surface area is 90.9 Å². The summed E-state index contributed by atoms with van der Waals surface area (Å²) in [6.45, 7) is 7.37. The molecule has 1 aliphatic carbocycles. The van der Waals surface area contributed by atoms with E-state index in [-0.39, 0.29) is 0 Å². The second kappa shape index (κ2) is 3.93. The molecule has 15 heavy (non-hydrogen) atoms. The second-order valence-electron chi connectivity index (χ2n) is 5.15. The molecular weight excluding hydrogens is 188 g/mol. The van der Waals surface area contributed by atoms with Gasteiger partial charge in [-0.05, 0) is 25.2 Å². The summed E-state index contributed by atoms with van der Waals surface area (Å²) in [4.78, 5) is 4.29. The summed E-state index contributed by atoms with van der Waals surface area (Å²) in [5.41, 5.74) is 0.422. The quantitative estimate of drug-likeness (QED) is 0.796. The molecule has 4 heteroatoms. The van der Waals surface area contributed by atoms with Gasteiger partial charge >= 0.3 is 0 Å². The summed E-state index contributed by atoms with van der Waals surface area (Å²) in [7, 11) is 0. The van der Waals surface area contributed by atoms with Gasteiger partial charge in [-0.2, -0.15) is 5.10 Å². The van der Waals surface area contributed by atoms with Crippen LogP contribution >= 0.6 is 0 Å². The topological polar surface area (TPSA) is 53.6 Å². The van der Waals surface area contributed by atoms with Crippen LogP contribution in [0.15, 0.2) is 0 Å². The Bertz CT molecular complexity index is 329. The number of aryl methyl sites for hydroxylation is 1. The van der Waals surface area contributed by atoms with Gasteiger partial charge in [0, 0.05) is 6.04 Å². The SMILES string of the molecule is Cc1nc(CNC2CCCC2(C)C)n[nH]1. The Morgan fingerprint density at radius 3 is 2.87 bits per heavy atom. The molecule has 0 spiro atoms. The number of hydrogen-bond acceptors (Lipinski definition) is 3. The number of aromatic amines is 1. The van der Waals surface area contributed by atoms with Crippen LogP contribution in [0.1, 0.15) is 44.8 Å². The molecule has 0 amide bonds. The highest BCUT2D eigenvalue weighted by molar-refractivity contribution is 4.93. The highest BCUT2D eigenvalue weighted by Crippen LogP contribution is 2.37. The first-order valence-corrected chi connectivity index (χ1v) is 5.69. The maximum atomic E-state index is 4.29. The minimum Gasteiger partial charge on any atom is -0.306 e. The van der Waals surface area contributed by atoms with E-state index in [1.807, 2.05) is 6.92 Å². The molecule has 4 nitrogen and oxygen atoms in total. The molecule has 84 valence electrons. The Kier molecular flexibility index (Phi) is 2.78. The molecule has 1 unspecified atom stereocenters. The fourth-order valence-corrected chi connectivity index (χ4v) is 2.39. The summed E-state index contributed by atoms with van der Waals surface area (Å²) in [6.07, 6.45) is 3.92. The van der Waals surface area contributed by atoms with Crippen LogP contribution < -0.4 is 5.32 Å². The highest BCUT2D eigenvalue weighted by atomic mass is 15.2. The van der Waals surface area contributed by atoms with Crippen molar-refractivity contribution in [1.82, 2.24) is 20.5 Å². The number of aromatic nitrogens is 3. The zero-order valence-electron chi connectivity index (χ0n) is 9.80. The van der Waals surface area contributed by atoms with Gasteiger partial charge in [0.05, 0.1) is 6.54 Å². The highest BCUT2D eigenvalue weighted by Gasteiger charge is 2.33. The van der Waals surface area contributed by atoms with E-state index in [4.69, 9.17) is 0 Å². The zero-order chi connectivity index (χ0) is 10.9. The van der Waals surface area contributed by atoms with Crippen molar-refractivity contribution in [1.29, 1.82) is 0 Å². The first kappa shape index (κ1) is 10.6. The summed E-state index contributed by atoms with van der Waals surface area (Å²) < 4.78 is 0. The summed E-state index contributed by atoms with van der Waals surface area (Å²) >= 11 is 0. The number of hydrogen-bond donors (Lipinski definition) is 2. The third kappa shape index (κ3) is 2.37. The largest absolute Gasteiger partial charge is 0.306 e. The Morgan fingerprint density at radius 1 is 1.53 bits per heavy atom. The molecule has 1 fully saturated rings. The van der Waals surface area contributed by atoms with Gasteiger partial charge in [-0.25, -0.2) is 4.98 Å². The normalized spacial score (nSPS) is 24.6. The van der Waals surface area contributed by atoms with Gasteiger partial charge in [0.15, 0.2) is 5.82 Å². The molecule has 0 radical (unpaired) electrons. The Hall–Kier alpha value is -0.900. The van der Waals surface area contributed by atoms with Crippen molar-refractivity contribution >= 4 is 0 Å². The molecule has 0 aliphatic heterocycles. The summed E-state index contributed by atoms with van der Waals surface area (Å²) in [6, 6.07) is 0.608. The molecule has 0 saturated heterocycles. The lowest BCUT2D eigenvalue weighted by Crippen LogP contribution is -2.37. The van der Waals surface area contributed by atoms with Gasteiger partial charge in [0.25, 0.3) is 0 Å². The minimum absolute atomic E-state index is 0.422. The van der Waals surface area contributed by atoms with E-state index in [0.717, 1.165) is 18.2 Å². The van der Waals surface area contributed by atoms with Crippen LogP contribution in [0, 0.1) is 12.3 Å². The van der Waals surface area contributed by atoms with Crippen molar-refractivity contribution in [2.75, 3.05) is 0 Å². The summed E-state index contributed by atoms with van der Waals surface area (Å²) in [5.74, 6) is 1.76. The van der Waals surface area contributed by atoms with Crippen molar-refractivity contribution in [2.24, 2.45) is 5.41 Å². The van der Waals surface area contributed by atoms with Gasteiger partial charge in [-0.3, -0.25) is 5.10 Å². The third-order valence-electron chi connectivity index (χ3n) is 3.41. The monoisotopic (exact) mass is 208 g/mol. The second-order valence-corrected chi connectivity index (χ2v) is 5.15. The lowest BCUT2D eigenvalue weighted by molar-refractivity contribution is 0.281. The van der Waals surface area contributed by atoms with Crippen LogP contribution in [0.4, 0.5) is 0 Å². The van der Waals surface area contributed by atoms with Crippen LogP contribution in [0.3, 0.4) is 0 Å². The van der Waals surface area contributed by atoms with E-state index in [1.54, 1.807) is 0 Å². The molecule has 1 atom stereocenters. The van der Waals surface area contributed by atoms with Crippen molar-refractivity contribution in [3.8, 4) is 0 Å². The molecule has 1 aromatic heterocycles. The van der Waals surface area contributed by atoms with Gasteiger partial charge in [-0.1, -0.05) is 20.3 Å². The average molecular weight is 208 g/mol.